The van der Waals surface area contributed by atoms with Gasteiger partial charge in [-0.15, -0.1) is 11.3 Å². The van der Waals surface area contributed by atoms with E-state index in [-0.39, 0.29) is 5.56 Å². The molecule has 1 aliphatic heterocycles. The van der Waals surface area contributed by atoms with Gasteiger partial charge in [-0.2, -0.15) is 0 Å². The predicted octanol–water partition coefficient (Wildman–Crippen LogP) is 0.988. The van der Waals surface area contributed by atoms with E-state index in [0.717, 1.165) is 48.8 Å². The molecule has 3 rings (SSSR count). The summed E-state index contributed by atoms with van der Waals surface area (Å²) in [6.07, 6.45) is 2.05. The van der Waals surface area contributed by atoms with E-state index in [2.05, 4.69) is 9.88 Å². The molecule has 0 amide bonds. The summed E-state index contributed by atoms with van der Waals surface area (Å²) in [7, 11) is 0. The van der Waals surface area contributed by atoms with Crippen LogP contribution in [-0.4, -0.2) is 33.4 Å². The Hall–Kier alpha value is -1.24. The molecule has 0 radical (unpaired) electrons. The van der Waals surface area contributed by atoms with Crippen molar-refractivity contribution in [2.75, 3.05) is 13.1 Å². The Balaban J connectivity index is 1.84. The first-order valence-electron chi connectivity index (χ1n) is 6.58. The molecule has 0 saturated carbocycles. The quantitative estimate of drug-likeness (QED) is 0.889. The molecule has 2 N–H and O–H groups in total. The molecule has 0 atom stereocenters. The SMILES string of the molecule is Cc1csc2nc(CN3CCC(N)CC3)cc(=O)n12. The average Bonchev–Trinajstić information content (AvgIpc) is 2.74. The molecule has 0 bridgehead atoms. The van der Waals surface area contributed by atoms with E-state index in [1.165, 1.54) is 11.3 Å². The lowest BCUT2D eigenvalue weighted by molar-refractivity contribution is 0.203. The Labute approximate surface area is 115 Å². The van der Waals surface area contributed by atoms with Crippen LogP contribution in [0.25, 0.3) is 4.96 Å². The molecule has 2 aromatic rings. The van der Waals surface area contributed by atoms with Gasteiger partial charge in [-0.3, -0.25) is 14.1 Å². The highest BCUT2D eigenvalue weighted by molar-refractivity contribution is 7.15. The number of nitrogens with two attached hydrogens (primary N) is 1. The van der Waals surface area contributed by atoms with E-state index in [1.807, 2.05) is 12.3 Å². The fourth-order valence-corrected chi connectivity index (χ4v) is 3.41. The van der Waals surface area contributed by atoms with Gasteiger partial charge in [0.25, 0.3) is 5.56 Å². The van der Waals surface area contributed by atoms with Crippen LogP contribution >= 0.6 is 11.3 Å². The summed E-state index contributed by atoms with van der Waals surface area (Å²) in [6.45, 7) is 4.66. The first-order chi connectivity index (χ1) is 9.13. The van der Waals surface area contributed by atoms with Gasteiger partial charge in [-0.25, -0.2) is 4.98 Å². The summed E-state index contributed by atoms with van der Waals surface area (Å²) in [6, 6.07) is 1.98. The minimum Gasteiger partial charge on any atom is -0.328 e. The third kappa shape index (κ3) is 2.56. The van der Waals surface area contributed by atoms with Crippen molar-refractivity contribution in [1.29, 1.82) is 0 Å². The van der Waals surface area contributed by atoms with Crippen LogP contribution < -0.4 is 11.3 Å². The number of fused-ring (bicyclic) bond motifs is 1. The predicted molar refractivity (Wildman–Crippen MR) is 76.6 cm³/mol. The molecule has 3 heterocycles. The van der Waals surface area contributed by atoms with Gasteiger partial charge in [0, 0.05) is 42.8 Å². The Kier molecular flexibility index (Phi) is 3.38. The molecule has 1 aliphatic rings. The van der Waals surface area contributed by atoms with Crippen LogP contribution in [-0.2, 0) is 6.54 Å². The van der Waals surface area contributed by atoms with E-state index < -0.39 is 0 Å². The summed E-state index contributed by atoms with van der Waals surface area (Å²) in [5.41, 5.74) is 7.73. The molecule has 0 unspecified atom stereocenters. The van der Waals surface area contributed by atoms with Crippen molar-refractivity contribution in [3.63, 3.8) is 0 Å². The van der Waals surface area contributed by atoms with E-state index in [9.17, 15) is 4.79 Å². The second-order valence-corrected chi connectivity index (χ2v) is 6.03. The highest BCUT2D eigenvalue weighted by Crippen LogP contribution is 2.14. The van der Waals surface area contributed by atoms with Crippen LogP contribution in [0, 0.1) is 6.92 Å². The normalized spacial score (nSPS) is 18.2. The number of piperidine rings is 1. The van der Waals surface area contributed by atoms with Crippen LogP contribution in [0.2, 0.25) is 0 Å². The molecular formula is C13H18N4OS. The van der Waals surface area contributed by atoms with Crippen molar-refractivity contribution in [3.05, 3.63) is 33.2 Å². The zero-order valence-corrected chi connectivity index (χ0v) is 11.8. The summed E-state index contributed by atoms with van der Waals surface area (Å²) >= 11 is 1.52. The second kappa shape index (κ2) is 5.03. The van der Waals surface area contributed by atoms with Crippen LogP contribution in [0.5, 0.6) is 0 Å². The van der Waals surface area contributed by atoms with Crippen molar-refractivity contribution >= 4 is 16.3 Å². The number of aromatic nitrogens is 2. The fraction of sp³-hybridized carbons (Fsp3) is 0.538. The van der Waals surface area contributed by atoms with E-state index in [0.29, 0.717) is 6.04 Å². The largest absolute Gasteiger partial charge is 0.328 e. The monoisotopic (exact) mass is 278 g/mol. The van der Waals surface area contributed by atoms with Gasteiger partial charge < -0.3 is 5.73 Å². The third-order valence-corrected chi connectivity index (χ3v) is 4.59. The van der Waals surface area contributed by atoms with Gasteiger partial charge in [0.15, 0.2) is 4.96 Å². The van der Waals surface area contributed by atoms with Gasteiger partial charge in [-0.1, -0.05) is 0 Å². The summed E-state index contributed by atoms with van der Waals surface area (Å²) in [5, 5.41) is 1.97. The number of hydrogen-bond acceptors (Lipinski definition) is 5. The zero-order valence-electron chi connectivity index (χ0n) is 11.0. The van der Waals surface area contributed by atoms with Gasteiger partial charge in [0.05, 0.1) is 5.69 Å². The summed E-state index contributed by atoms with van der Waals surface area (Å²) in [4.78, 5) is 19.8. The lowest BCUT2D eigenvalue weighted by atomic mass is 10.1. The Bertz CT molecular complexity index is 640. The number of likely N-dealkylation sites (tertiary alicyclic amines) is 1. The molecule has 19 heavy (non-hydrogen) atoms. The molecule has 0 spiro atoms. The highest BCUT2D eigenvalue weighted by Gasteiger charge is 2.17. The lowest BCUT2D eigenvalue weighted by Gasteiger charge is -2.29. The Morgan fingerprint density at radius 2 is 2.21 bits per heavy atom. The molecule has 0 aliphatic carbocycles. The number of rotatable bonds is 2. The zero-order chi connectivity index (χ0) is 13.4. The standard InChI is InChI=1S/C13H18N4OS/c1-9-8-19-13-15-11(6-12(18)17(9)13)7-16-4-2-10(14)3-5-16/h6,8,10H,2-5,7,14H2,1H3. The highest BCUT2D eigenvalue weighted by atomic mass is 32.1. The average molecular weight is 278 g/mol. The van der Waals surface area contributed by atoms with Gasteiger partial charge in [-0.05, 0) is 19.8 Å². The van der Waals surface area contributed by atoms with Crippen LogP contribution in [0.1, 0.15) is 24.2 Å². The van der Waals surface area contributed by atoms with Crippen LogP contribution in [0.3, 0.4) is 0 Å². The minimum atomic E-state index is 0.0208. The maximum Gasteiger partial charge on any atom is 0.259 e. The van der Waals surface area contributed by atoms with Crippen molar-refractivity contribution in [2.24, 2.45) is 5.73 Å². The number of aryl methyl sites for hydroxylation is 1. The van der Waals surface area contributed by atoms with Crippen molar-refractivity contribution in [3.8, 4) is 0 Å². The summed E-state index contributed by atoms with van der Waals surface area (Å²) in [5.74, 6) is 0. The Morgan fingerprint density at radius 1 is 1.47 bits per heavy atom. The van der Waals surface area contributed by atoms with Crippen molar-refractivity contribution < 1.29 is 0 Å². The smallest absolute Gasteiger partial charge is 0.259 e. The van der Waals surface area contributed by atoms with Crippen molar-refractivity contribution in [1.82, 2.24) is 14.3 Å². The number of thiazole rings is 1. The topological polar surface area (TPSA) is 63.6 Å². The summed E-state index contributed by atoms with van der Waals surface area (Å²) < 4.78 is 1.67. The minimum absolute atomic E-state index is 0.0208. The molecular weight excluding hydrogens is 260 g/mol. The number of hydrogen-bond donors (Lipinski definition) is 1. The molecule has 6 heteroatoms. The molecule has 5 nitrogen and oxygen atoms in total. The number of nitrogens with zero attached hydrogens (tertiary/aromatic N) is 3. The first-order valence-corrected chi connectivity index (χ1v) is 7.46. The van der Waals surface area contributed by atoms with E-state index in [4.69, 9.17) is 5.73 Å². The van der Waals surface area contributed by atoms with Gasteiger partial charge in [0.2, 0.25) is 0 Å². The third-order valence-electron chi connectivity index (χ3n) is 3.65. The van der Waals surface area contributed by atoms with Gasteiger partial charge in [0.1, 0.15) is 0 Å². The van der Waals surface area contributed by atoms with E-state index >= 15 is 0 Å². The van der Waals surface area contributed by atoms with Crippen LogP contribution in [0.15, 0.2) is 16.2 Å². The van der Waals surface area contributed by atoms with Gasteiger partial charge >= 0.3 is 0 Å². The molecule has 2 aromatic heterocycles. The molecule has 0 aromatic carbocycles. The first kappa shape index (κ1) is 12.8. The fourth-order valence-electron chi connectivity index (χ4n) is 2.52. The van der Waals surface area contributed by atoms with Crippen LogP contribution in [0.4, 0.5) is 0 Å². The second-order valence-electron chi connectivity index (χ2n) is 5.19. The lowest BCUT2D eigenvalue weighted by Crippen LogP contribution is -2.39. The molecule has 102 valence electrons. The maximum atomic E-state index is 12.1. The van der Waals surface area contributed by atoms with Crippen molar-refractivity contribution in [2.45, 2.75) is 32.4 Å². The maximum absolute atomic E-state index is 12.1. The Morgan fingerprint density at radius 3 is 2.95 bits per heavy atom. The molecule has 1 saturated heterocycles. The molecule has 1 fully saturated rings. The van der Waals surface area contributed by atoms with E-state index in [1.54, 1.807) is 10.5 Å².